The van der Waals surface area contributed by atoms with E-state index in [1.165, 1.54) is 41.4 Å². The molecule has 9 nitrogen and oxygen atoms in total. The Morgan fingerprint density at radius 3 is 2.54 bits per heavy atom. The molecule has 0 radical (unpaired) electrons. The first-order chi connectivity index (χ1) is 13.2. The number of amides is 1. The van der Waals surface area contributed by atoms with Gasteiger partial charge in [0.15, 0.2) is 5.82 Å². The standard InChI is InChI=1S/C17H20N6O3S2/c1-5-14-20-21-17(27-14)19-15(24)13-10-18-22(3)16(13)23(4)28(25,26)12-8-6-11(2)7-9-12/h6-10H,5H2,1-4H3,(H,19,21,24). The molecule has 1 N–H and O–H groups in total. The van der Waals surface area contributed by atoms with E-state index in [4.69, 9.17) is 0 Å². The fourth-order valence-electron chi connectivity index (χ4n) is 2.56. The number of hydrogen-bond donors (Lipinski definition) is 1. The first-order valence-corrected chi connectivity index (χ1v) is 10.7. The maximum atomic E-state index is 13.0. The highest BCUT2D eigenvalue weighted by Gasteiger charge is 2.28. The van der Waals surface area contributed by atoms with Crippen molar-refractivity contribution < 1.29 is 13.2 Å². The van der Waals surface area contributed by atoms with Gasteiger partial charge in [0.2, 0.25) is 5.13 Å². The first-order valence-electron chi connectivity index (χ1n) is 8.45. The maximum absolute atomic E-state index is 13.0. The minimum atomic E-state index is -3.86. The average molecular weight is 421 g/mol. The van der Waals surface area contributed by atoms with Crippen LogP contribution in [0.1, 0.15) is 27.9 Å². The average Bonchev–Trinajstić information content (AvgIpc) is 3.27. The molecule has 0 unspecified atom stereocenters. The summed E-state index contributed by atoms with van der Waals surface area (Å²) >= 11 is 1.27. The van der Waals surface area contributed by atoms with Crippen LogP contribution in [0.5, 0.6) is 0 Å². The van der Waals surface area contributed by atoms with Crippen LogP contribution in [-0.2, 0) is 23.5 Å². The number of rotatable bonds is 6. The molecule has 148 valence electrons. The third-order valence-electron chi connectivity index (χ3n) is 4.12. The second kappa shape index (κ2) is 7.68. The summed E-state index contributed by atoms with van der Waals surface area (Å²) in [4.78, 5) is 12.8. The second-order valence-electron chi connectivity index (χ2n) is 6.10. The van der Waals surface area contributed by atoms with Gasteiger partial charge in [-0.25, -0.2) is 8.42 Å². The molecule has 3 rings (SSSR count). The van der Waals surface area contributed by atoms with Crippen LogP contribution >= 0.6 is 11.3 Å². The number of carbonyl (C=O) groups excluding carboxylic acids is 1. The number of aryl methyl sites for hydroxylation is 3. The van der Waals surface area contributed by atoms with Gasteiger partial charge in [-0.15, -0.1) is 10.2 Å². The molecule has 0 spiro atoms. The molecule has 1 amide bonds. The number of carbonyl (C=O) groups is 1. The predicted octanol–water partition coefficient (Wildman–Crippen LogP) is 2.22. The van der Waals surface area contributed by atoms with Gasteiger partial charge in [-0.2, -0.15) is 5.10 Å². The topological polar surface area (TPSA) is 110 Å². The van der Waals surface area contributed by atoms with E-state index in [1.54, 1.807) is 19.2 Å². The molecular weight excluding hydrogens is 400 g/mol. The van der Waals surface area contributed by atoms with Crippen LogP contribution in [0.4, 0.5) is 10.9 Å². The van der Waals surface area contributed by atoms with E-state index in [-0.39, 0.29) is 16.3 Å². The van der Waals surface area contributed by atoms with Crippen molar-refractivity contribution in [2.45, 2.75) is 25.2 Å². The number of sulfonamides is 1. The van der Waals surface area contributed by atoms with Crippen molar-refractivity contribution in [2.24, 2.45) is 7.05 Å². The number of aromatic nitrogens is 4. The highest BCUT2D eigenvalue weighted by molar-refractivity contribution is 7.92. The van der Waals surface area contributed by atoms with E-state index < -0.39 is 15.9 Å². The summed E-state index contributed by atoms with van der Waals surface area (Å²) in [6.07, 6.45) is 2.04. The zero-order chi connectivity index (χ0) is 20.5. The minimum Gasteiger partial charge on any atom is -0.296 e. The van der Waals surface area contributed by atoms with E-state index in [0.29, 0.717) is 11.6 Å². The Kier molecular flexibility index (Phi) is 5.47. The Bertz CT molecular complexity index is 1100. The summed E-state index contributed by atoms with van der Waals surface area (Å²) in [6.45, 7) is 3.82. The van der Waals surface area contributed by atoms with Crippen molar-refractivity contribution in [3.05, 3.63) is 46.6 Å². The Balaban J connectivity index is 1.93. The van der Waals surface area contributed by atoms with Crippen molar-refractivity contribution in [1.82, 2.24) is 20.0 Å². The largest absolute Gasteiger partial charge is 0.296 e. The second-order valence-corrected chi connectivity index (χ2v) is 9.13. The van der Waals surface area contributed by atoms with Crippen LogP contribution in [0.25, 0.3) is 0 Å². The lowest BCUT2D eigenvalue weighted by Crippen LogP contribution is -2.30. The molecule has 2 heterocycles. The molecule has 0 saturated carbocycles. The quantitative estimate of drug-likeness (QED) is 0.655. The lowest BCUT2D eigenvalue weighted by atomic mass is 10.2. The number of anilines is 2. The number of nitrogens with one attached hydrogen (secondary N) is 1. The van der Waals surface area contributed by atoms with Crippen LogP contribution in [0, 0.1) is 6.92 Å². The zero-order valence-electron chi connectivity index (χ0n) is 15.9. The lowest BCUT2D eigenvalue weighted by Gasteiger charge is -2.20. The van der Waals surface area contributed by atoms with E-state index in [0.717, 1.165) is 14.9 Å². The molecule has 28 heavy (non-hydrogen) atoms. The van der Waals surface area contributed by atoms with Gasteiger partial charge in [0.05, 0.1) is 11.1 Å². The molecule has 0 aliphatic rings. The van der Waals surface area contributed by atoms with E-state index in [1.807, 2.05) is 13.8 Å². The van der Waals surface area contributed by atoms with Crippen molar-refractivity contribution in [2.75, 3.05) is 16.7 Å². The Morgan fingerprint density at radius 1 is 1.25 bits per heavy atom. The van der Waals surface area contributed by atoms with Gasteiger partial charge in [0, 0.05) is 14.1 Å². The van der Waals surface area contributed by atoms with E-state index >= 15 is 0 Å². The maximum Gasteiger partial charge on any atom is 0.265 e. The molecule has 0 fully saturated rings. The summed E-state index contributed by atoms with van der Waals surface area (Å²) in [6, 6.07) is 6.51. The fourth-order valence-corrected chi connectivity index (χ4v) is 4.47. The molecular formula is C17H20N6O3S2. The molecule has 0 aliphatic carbocycles. The van der Waals surface area contributed by atoms with Crippen molar-refractivity contribution in [3.8, 4) is 0 Å². The summed E-state index contributed by atoms with van der Waals surface area (Å²) in [5, 5.41) is 15.7. The SMILES string of the molecule is CCc1nnc(NC(=O)c2cnn(C)c2N(C)S(=O)(=O)c2ccc(C)cc2)s1. The summed E-state index contributed by atoms with van der Waals surface area (Å²) in [5.41, 5.74) is 1.07. The highest BCUT2D eigenvalue weighted by Crippen LogP contribution is 2.26. The number of benzene rings is 1. The van der Waals surface area contributed by atoms with E-state index in [9.17, 15) is 13.2 Å². The number of nitrogens with zero attached hydrogens (tertiary/aromatic N) is 5. The number of hydrogen-bond acceptors (Lipinski definition) is 7. The van der Waals surface area contributed by atoms with Crippen LogP contribution < -0.4 is 9.62 Å². The Morgan fingerprint density at radius 2 is 1.93 bits per heavy atom. The molecule has 2 aromatic heterocycles. The minimum absolute atomic E-state index is 0.119. The Hall–Kier alpha value is -2.79. The van der Waals surface area contributed by atoms with Crippen LogP contribution in [0.3, 0.4) is 0 Å². The molecule has 0 atom stereocenters. The predicted molar refractivity (Wildman–Crippen MR) is 107 cm³/mol. The highest BCUT2D eigenvalue weighted by atomic mass is 32.2. The molecule has 0 bridgehead atoms. The van der Waals surface area contributed by atoms with Gasteiger partial charge in [-0.1, -0.05) is 36.0 Å². The van der Waals surface area contributed by atoms with Gasteiger partial charge in [-0.3, -0.25) is 19.1 Å². The monoisotopic (exact) mass is 420 g/mol. The van der Waals surface area contributed by atoms with Crippen LogP contribution in [-0.4, -0.2) is 41.4 Å². The summed E-state index contributed by atoms with van der Waals surface area (Å²) < 4.78 is 28.4. The lowest BCUT2D eigenvalue weighted by molar-refractivity contribution is 0.102. The third kappa shape index (κ3) is 3.76. The van der Waals surface area contributed by atoms with Gasteiger partial charge < -0.3 is 0 Å². The Labute approximate surface area is 167 Å². The summed E-state index contributed by atoms with van der Waals surface area (Å²) in [7, 11) is -0.894. The van der Waals surface area contributed by atoms with Gasteiger partial charge in [0.25, 0.3) is 15.9 Å². The van der Waals surface area contributed by atoms with Gasteiger partial charge >= 0.3 is 0 Å². The smallest absolute Gasteiger partial charge is 0.265 e. The normalized spacial score (nSPS) is 11.4. The molecule has 3 aromatic rings. The molecule has 0 aliphatic heterocycles. The van der Waals surface area contributed by atoms with Gasteiger partial charge in [0.1, 0.15) is 10.6 Å². The summed E-state index contributed by atoms with van der Waals surface area (Å²) in [5.74, 6) is -0.355. The molecule has 11 heteroatoms. The van der Waals surface area contributed by atoms with Crippen LogP contribution in [0.2, 0.25) is 0 Å². The van der Waals surface area contributed by atoms with Gasteiger partial charge in [-0.05, 0) is 25.5 Å². The zero-order valence-corrected chi connectivity index (χ0v) is 17.5. The van der Waals surface area contributed by atoms with E-state index in [2.05, 4.69) is 20.6 Å². The van der Waals surface area contributed by atoms with Crippen molar-refractivity contribution in [1.29, 1.82) is 0 Å². The first kappa shape index (κ1) is 20.0. The molecule has 1 aromatic carbocycles. The third-order valence-corrected chi connectivity index (χ3v) is 6.86. The molecule has 0 saturated heterocycles. The van der Waals surface area contributed by atoms with Crippen LogP contribution in [0.15, 0.2) is 35.4 Å². The van der Waals surface area contributed by atoms with Crippen molar-refractivity contribution in [3.63, 3.8) is 0 Å². The van der Waals surface area contributed by atoms with Crippen molar-refractivity contribution >= 4 is 38.2 Å². The fraction of sp³-hybridized carbons (Fsp3) is 0.294.